The maximum atomic E-state index is 14.1. The van der Waals surface area contributed by atoms with Crippen molar-refractivity contribution in [1.82, 2.24) is 19.6 Å². The highest BCUT2D eigenvalue weighted by atomic mass is 32.2. The fourth-order valence-corrected chi connectivity index (χ4v) is 12.9. The minimum atomic E-state index is -4.60. The number of amides is 1. The SMILES string of the molecule is CC1(C)CCC(CN2CCN(c3ccc(C(=O)NS(=O)(=O)c4ccc(NCC5CCC(C)(O)CC5)c([N+](=O)[O-])c4)c(Oc4cnc5[nH]ccc5c4)c3)CC2)=C(c2cc3c(s2)CCN(c2ccc(F)cc2)C3)C1. The number of carbonyl (C=O) groups is 1. The molecule has 4 N–H and O–H groups in total. The number of aromatic amines is 1. The van der Waals surface area contributed by atoms with E-state index in [0.717, 1.165) is 94.1 Å². The van der Waals surface area contributed by atoms with Gasteiger partial charge >= 0.3 is 0 Å². The lowest BCUT2D eigenvalue weighted by Crippen LogP contribution is -2.47. The van der Waals surface area contributed by atoms with Gasteiger partial charge in [0.05, 0.1) is 27.2 Å². The molecule has 3 aromatic carbocycles. The minimum absolute atomic E-state index is 0.0486. The fourth-order valence-electron chi connectivity index (χ4n) is 10.6. The number of nitro groups is 1. The van der Waals surface area contributed by atoms with Gasteiger partial charge in [0.15, 0.2) is 0 Å². The van der Waals surface area contributed by atoms with Crippen molar-refractivity contribution in [2.75, 3.05) is 60.9 Å². The van der Waals surface area contributed by atoms with Crippen molar-refractivity contribution in [3.63, 3.8) is 0 Å². The van der Waals surface area contributed by atoms with Gasteiger partial charge in [0.2, 0.25) is 0 Å². The Balaban J connectivity index is 0.844. The van der Waals surface area contributed by atoms with Crippen molar-refractivity contribution in [1.29, 1.82) is 0 Å². The first-order valence-electron chi connectivity index (χ1n) is 24.8. The summed E-state index contributed by atoms with van der Waals surface area (Å²) in [6, 6.07) is 21.4. The van der Waals surface area contributed by atoms with Crippen molar-refractivity contribution in [3.05, 3.63) is 134 Å². The highest BCUT2D eigenvalue weighted by Gasteiger charge is 2.33. The molecule has 10 rings (SSSR count). The van der Waals surface area contributed by atoms with Crippen LogP contribution in [0.3, 0.4) is 0 Å². The molecule has 15 nitrogen and oxygen atoms in total. The van der Waals surface area contributed by atoms with Crippen molar-refractivity contribution in [3.8, 4) is 11.5 Å². The number of nitrogens with zero attached hydrogens (tertiary/aromatic N) is 5. The number of carbonyl (C=O) groups excluding carboxylic acids is 1. The smallest absolute Gasteiger partial charge is 0.293 e. The summed E-state index contributed by atoms with van der Waals surface area (Å²) in [7, 11) is -4.60. The van der Waals surface area contributed by atoms with Crippen LogP contribution in [0.15, 0.2) is 102 Å². The second kappa shape index (κ2) is 19.9. The summed E-state index contributed by atoms with van der Waals surface area (Å²) in [5.74, 6) is -0.535. The molecule has 3 aromatic heterocycles. The summed E-state index contributed by atoms with van der Waals surface area (Å²) in [4.78, 5) is 42.6. The number of hydrogen-bond donors (Lipinski definition) is 4. The number of nitrogens with one attached hydrogen (secondary N) is 3. The highest BCUT2D eigenvalue weighted by Crippen LogP contribution is 2.46. The van der Waals surface area contributed by atoms with Gasteiger partial charge in [-0.05, 0) is 147 Å². The van der Waals surface area contributed by atoms with Crippen molar-refractivity contribution in [2.45, 2.75) is 89.2 Å². The van der Waals surface area contributed by atoms with E-state index in [2.05, 4.69) is 54.6 Å². The van der Waals surface area contributed by atoms with E-state index < -0.39 is 37.0 Å². The highest BCUT2D eigenvalue weighted by molar-refractivity contribution is 7.90. The molecule has 72 heavy (non-hydrogen) atoms. The van der Waals surface area contributed by atoms with Gasteiger partial charge in [-0.15, -0.1) is 11.3 Å². The normalized spacial score (nSPS) is 20.6. The van der Waals surface area contributed by atoms with E-state index in [1.54, 1.807) is 30.5 Å². The third-order valence-corrected chi connectivity index (χ3v) is 17.6. The first kappa shape index (κ1) is 49.2. The number of fused-ring (bicyclic) bond motifs is 2. The Morgan fingerprint density at radius 3 is 2.47 bits per heavy atom. The third kappa shape index (κ3) is 11.0. The summed E-state index contributed by atoms with van der Waals surface area (Å²) >= 11 is 1.94. The lowest BCUT2D eigenvalue weighted by Gasteiger charge is -2.39. The van der Waals surface area contributed by atoms with E-state index in [9.17, 15) is 32.8 Å². The Hall–Kier alpha value is -6.34. The van der Waals surface area contributed by atoms with Crippen LogP contribution in [0, 0.1) is 27.3 Å². The number of ether oxygens (including phenoxy) is 1. The number of pyridine rings is 1. The molecule has 2 aliphatic carbocycles. The molecule has 1 saturated heterocycles. The maximum Gasteiger partial charge on any atom is 0.293 e. The number of thiophene rings is 1. The number of nitro benzene ring substituents is 1. The number of sulfonamides is 1. The van der Waals surface area contributed by atoms with Crippen LogP contribution in [-0.4, -0.2) is 90.6 Å². The van der Waals surface area contributed by atoms with Crippen LogP contribution in [0.1, 0.15) is 91.4 Å². The van der Waals surface area contributed by atoms with Crippen LogP contribution in [0.25, 0.3) is 16.6 Å². The average Bonchev–Trinajstić information content (AvgIpc) is 4.01. The Bertz CT molecular complexity index is 3150. The molecular formula is C54H61FN8O7S2. The second-order valence-electron chi connectivity index (χ2n) is 21.0. The molecule has 1 saturated carbocycles. The van der Waals surface area contributed by atoms with Crippen molar-refractivity contribution < 1.29 is 32.4 Å². The standard InChI is InChI=1S/C54H61FN8O7S2/c1-53(2)17-14-37(45(30-53)50-27-38-34-62(21-16-49(38)71-50)40-6-4-39(55)5-7-40)33-60-22-24-61(25-23-60)41-8-10-44(48(28-41)70-42-26-36-15-20-56-51(36)58-32-42)52(64)59-72(68,69)43-9-11-46(47(29-43)63(66)67)57-31-35-12-18-54(3,65)19-13-35/h4-11,15,20,26-29,32,35,57,65H,12-14,16-19,21-25,30-31,33-34H2,1-3H3,(H,56,58)(H,59,64). The molecule has 378 valence electrons. The third-order valence-electron chi connectivity index (χ3n) is 15.0. The van der Waals surface area contributed by atoms with Crippen molar-refractivity contribution in [2.24, 2.45) is 11.3 Å². The molecule has 0 unspecified atom stereocenters. The zero-order valence-electron chi connectivity index (χ0n) is 40.9. The van der Waals surface area contributed by atoms with E-state index in [4.69, 9.17) is 4.74 Å². The predicted molar refractivity (Wildman–Crippen MR) is 280 cm³/mol. The number of rotatable bonds is 14. The van der Waals surface area contributed by atoms with Gasteiger partial charge < -0.3 is 29.9 Å². The number of allylic oxidation sites excluding steroid dienone is 1. The lowest BCUT2D eigenvalue weighted by atomic mass is 9.73. The predicted octanol–water partition coefficient (Wildman–Crippen LogP) is 10.3. The Labute approximate surface area is 423 Å². The molecule has 4 aliphatic rings. The summed E-state index contributed by atoms with van der Waals surface area (Å²) in [5.41, 5.74) is 5.99. The van der Waals surface area contributed by atoms with E-state index >= 15 is 0 Å². The Morgan fingerprint density at radius 2 is 1.71 bits per heavy atom. The van der Waals surface area contributed by atoms with Crippen LogP contribution >= 0.6 is 11.3 Å². The molecule has 18 heteroatoms. The van der Waals surface area contributed by atoms with Crippen LogP contribution in [-0.2, 0) is 23.0 Å². The first-order valence-corrected chi connectivity index (χ1v) is 27.1. The fraction of sp³-hybridized carbons (Fsp3) is 0.407. The van der Waals surface area contributed by atoms with Gasteiger partial charge in [-0.25, -0.2) is 22.5 Å². The monoisotopic (exact) mass is 1020 g/mol. The van der Waals surface area contributed by atoms with E-state index in [-0.39, 0.29) is 34.2 Å². The molecule has 0 bridgehead atoms. The summed E-state index contributed by atoms with van der Waals surface area (Å²) in [6.07, 6.45) is 10.2. The van der Waals surface area contributed by atoms with E-state index in [1.165, 1.54) is 56.9 Å². The van der Waals surface area contributed by atoms with Gasteiger partial charge in [-0.1, -0.05) is 19.4 Å². The molecule has 1 amide bonds. The number of benzene rings is 3. The molecule has 2 aliphatic heterocycles. The van der Waals surface area contributed by atoms with Gasteiger partial charge in [-0.2, -0.15) is 0 Å². The topological polar surface area (TPSA) is 186 Å². The molecular weight excluding hydrogens is 956 g/mol. The number of aliphatic hydroxyl groups is 1. The van der Waals surface area contributed by atoms with Crippen LogP contribution in [0.5, 0.6) is 11.5 Å². The Kier molecular flexibility index (Phi) is 13.6. The summed E-state index contributed by atoms with van der Waals surface area (Å²) in [6.45, 7) is 12.6. The molecule has 6 aromatic rings. The number of hydrogen-bond acceptors (Lipinski definition) is 13. The molecule has 5 heterocycles. The second-order valence-corrected chi connectivity index (χ2v) is 23.8. The number of anilines is 3. The molecule has 2 fully saturated rings. The summed E-state index contributed by atoms with van der Waals surface area (Å²) < 4.78 is 49.8. The number of aromatic nitrogens is 2. The van der Waals surface area contributed by atoms with Gasteiger partial charge in [0, 0.05) is 97.2 Å². The van der Waals surface area contributed by atoms with Crippen LogP contribution in [0.2, 0.25) is 0 Å². The van der Waals surface area contributed by atoms with E-state index in [1.807, 2.05) is 36.5 Å². The van der Waals surface area contributed by atoms with Crippen LogP contribution in [0.4, 0.5) is 27.1 Å². The molecule has 0 radical (unpaired) electrons. The van der Waals surface area contributed by atoms with Gasteiger partial charge in [0.1, 0.15) is 28.7 Å². The molecule has 0 spiro atoms. The number of H-pyrrole nitrogens is 1. The minimum Gasteiger partial charge on any atom is -0.455 e. The van der Waals surface area contributed by atoms with Gasteiger partial charge in [0.25, 0.3) is 21.6 Å². The number of piperazine rings is 1. The molecule has 0 atom stereocenters. The quantitative estimate of drug-likeness (QED) is 0.0599. The largest absolute Gasteiger partial charge is 0.455 e. The first-order chi connectivity index (χ1) is 34.4. The van der Waals surface area contributed by atoms with Crippen molar-refractivity contribution >= 4 is 66.6 Å². The average molecular weight is 1020 g/mol. The van der Waals surface area contributed by atoms with Gasteiger partial charge in [-0.3, -0.25) is 19.8 Å². The zero-order valence-corrected chi connectivity index (χ0v) is 42.5. The van der Waals surface area contributed by atoms with E-state index in [0.29, 0.717) is 43.9 Å². The Morgan fingerprint density at radius 1 is 0.944 bits per heavy atom. The summed E-state index contributed by atoms with van der Waals surface area (Å²) in [5, 5.41) is 26.4. The lowest BCUT2D eigenvalue weighted by molar-refractivity contribution is -0.384. The number of halogens is 1. The zero-order chi connectivity index (χ0) is 50.4. The maximum absolute atomic E-state index is 14.1. The van der Waals surface area contributed by atoms with Crippen LogP contribution < -0.4 is 24.6 Å².